The number of nitrogens with zero attached hydrogens (tertiary/aromatic N) is 1. The number of alkyl halides is 1. The zero-order chi connectivity index (χ0) is 11.1. The highest BCUT2D eigenvalue weighted by molar-refractivity contribution is 9.09. The zero-order valence-electron chi connectivity index (χ0n) is 7.96. The number of halogens is 1. The highest BCUT2D eigenvalue weighted by atomic mass is 79.9. The van der Waals surface area contributed by atoms with E-state index in [-0.39, 0.29) is 12.2 Å². The highest BCUT2D eigenvalue weighted by Crippen LogP contribution is 2.09. The summed E-state index contributed by atoms with van der Waals surface area (Å²) in [5.41, 5.74) is 1.20. The smallest absolute Gasteiger partial charge is 0.178 e. The maximum atomic E-state index is 11.5. The molecule has 0 aliphatic heterocycles. The van der Waals surface area contributed by atoms with Crippen LogP contribution in [0.2, 0.25) is 0 Å². The van der Waals surface area contributed by atoms with Crippen LogP contribution in [0, 0.1) is 23.2 Å². The third-order valence-electron chi connectivity index (χ3n) is 1.76. The van der Waals surface area contributed by atoms with Crippen molar-refractivity contribution in [1.29, 1.82) is 5.26 Å². The number of carbonyl (C=O) groups is 1. The molecule has 3 heteroatoms. The Kier molecular flexibility index (Phi) is 4.60. The molecule has 1 aromatic rings. The van der Waals surface area contributed by atoms with Gasteiger partial charge in [0.25, 0.3) is 0 Å². The molecule has 0 aliphatic rings. The fourth-order valence-corrected chi connectivity index (χ4v) is 1.27. The van der Waals surface area contributed by atoms with Gasteiger partial charge in [-0.25, -0.2) is 0 Å². The van der Waals surface area contributed by atoms with Crippen LogP contribution in [0.3, 0.4) is 0 Å². The van der Waals surface area contributed by atoms with Gasteiger partial charge in [0, 0.05) is 11.1 Å². The second-order valence-corrected chi connectivity index (χ2v) is 3.30. The molecule has 0 atom stereocenters. The fourth-order valence-electron chi connectivity index (χ4n) is 1.13. The average molecular weight is 262 g/mol. The molecule has 0 N–H and O–H groups in total. The first-order valence-corrected chi connectivity index (χ1v) is 5.45. The first-order chi connectivity index (χ1) is 7.29. The Balaban J connectivity index is 3.07. The van der Waals surface area contributed by atoms with E-state index < -0.39 is 0 Å². The van der Waals surface area contributed by atoms with Crippen LogP contribution in [0.15, 0.2) is 24.3 Å². The first kappa shape index (κ1) is 11.5. The zero-order valence-corrected chi connectivity index (χ0v) is 9.54. The van der Waals surface area contributed by atoms with Gasteiger partial charge in [0.2, 0.25) is 0 Å². The van der Waals surface area contributed by atoms with Crippen molar-refractivity contribution >= 4 is 21.7 Å². The molecule has 0 radical (unpaired) electrons. The highest BCUT2D eigenvalue weighted by Gasteiger charge is 2.08. The van der Waals surface area contributed by atoms with Gasteiger partial charge >= 0.3 is 0 Å². The standard InChI is InChI=1S/C12H8BrNO/c13-8-3-5-10-4-1-2-6-11(10)12(15)7-9-14/h1-2,4,6H,7-8H2. The molecular weight excluding hydrogens is 254 g/mol. The first-order valence-electron chi connectivity index (χ1n) is 4.33. The monoisotopic (exact) mass is 261 g/mol. The SMILES string of the molecule is N#CCC(=O)c1ccccc1C#CCBr. The van der Waals surface area contributed by atoms with E-state index in [9.17, 15) is 4.79 Å². The molecule has 0 saturated heterocycles. The van der Waals surface area contributed by atoms with Crippen LogP contribution in [0.5, 0.6) is 0 Å². The number of nitriles is 1. The van der Waals surface area contributed by atoms with Gasteiger partial charge in [-0.3, -0.25) is 4.79 Å². The molecule has 0 unspecified atom stereocenters. The lowest BCUT2D eigenvalue weighted by molar-refractivity contribution is 0.0997. The average Bonchev–Trinajstić information content (AvgIpc) is 2.27. The second-order valence-electron chi connectivity index (χ2n) is 2.74. The van der Waals surface area contributed by atoms with Crippen molar-refractivity contribution in [2.24, 2.45) is 0 Å². The Morgan fingerprint density at radius 1 is 1.40 bits per heavy atom. The van der Waals surface area contributed by atoms with Crippen molar-refractivity contribution in [3.63, 3.8) is 0 Å². The summed E-state index contributed by atoms with van der Waals surface area (Å²) in [4.78, 5) is 11.5. The van der Waals surface area contributed by atoms with E-state index >= 15 is 0 Å². The van der Waals surface area contributed by atoms with Crippen molar-refractivity contribution in [3.8, 4) is 17.9 Å². The molecule has 0 spiro atoms. The lowest BCUT2D eigenvalue weighted by Crippen LogP contribution is -2.00. The number of benzene rings is 1. The van der Waals surface area contributed by atoms with E-state index in [2.05, 4.69) is 27.8 Å². The Bertz CT molecular complexity index is 462. The van der Waals surface area contributed by atoms with E-state index in [4.69, 9.17) is 5.26 Å². The number of hydrogen-bond acceptors (Lipinski definition) is 2. The van der Waals surface area contributed by atoms with E-state index in [1.165, 1.54) is 0 Å². The summed E-state index contributed by atoms with van der Waals surface area (Å²) in [5, 5.41) is 9.01. The van der Waals surface area contributed by atoms with Crippen LogP contribution in [-0.2, 0) is 0 Å². The predicted octanol–water partition coefficient (Wildman–Crippen LogP) is 2.53. The Morgan fingerprint density at radius 2 is 2.13 bits per heavy atom. The lowest BCUT2D eigenvalue weighted by Gasteiger charge is -1.99. The molecule has 1 rings (SSSR count). The molecule has 15 heavy (non-hydrogen) atoms. The van der Waals surface area contributed by atoms with Gasteiger partial charge in [0.15, 0.2) is 5.78 Å². The summed E-state index contributed by atoms with van der Waals surface area (Å²) in [6.45, 7) is 0. The molecule has 0 aliphatic carbocycles. The minimum atomic E-state index is -0.183. The molecule has 1 aromatic carbocycles. The predicted molar refractivity (Wildman–Crippen MR) is 61.7 cm³/mol. The summed E-state index contributed by atoms with van der Waals surface area (Å²) < 4.78 is 0. The number of ketones is 1. The quantitative estimate of drug-likeness (QED) is 0.467. The molecule has 0 heterocycles. The van der Waals surface area contributed by atoms with Crippen LogP contribution < -0.4 is 0 Å². The minimum Gasteiger partial charge on any atom is -0.293 e. The number of carbonyl (C=O) groups excluding carboxylic acids is 1. The van der Waals surface area contributed by atoms with Gasteiger partial charge in [-0.05, 0) is 6.07 Å². The molecular formula is C12H8BrNO. The Morgan fingerprint density at radius 3 is 2.80 bits per heavy atom. The summed E-state index contributed by atoms with van der Waals surface area (Å²) in [6, 6.07) is 8.90. The molecule has 0 amide bonds. The van der Waals surface area contributed by atoms with Crippen LogP contribution in [0.4, 0.5) is 0 Å². The topological polar surface area (TPSA) is 40.9 Å². The number of hydrogen-bond donors (Lipinski definition) is 0. The second kappa shape index (κ2) is 6.01. The third-order valence-corrected chi connectivity index (χ3v) is 2.04. The van der Waals surface area contributed by atoms with E-state index in [0.29, 0.717) is 16.5 Å². The van der Waals surface area contributed by atoms with Gasteiger partial charge in [0.05, 0.1) is 17.8 Å². The summed E-state index contributed by atoms with van der Waals surface area (Å²) in [7, 11) is 0. The molecule has 0 fully saturated rings. The maximum absolute atomic E-state index is 11.5. The van der Waals surface area contributed by atoms with Crippen molar-refractivity contribution in [2.75, 3.05) is 5.33 Å². The summed E-state index contributed by atoms with van der Waals surface area (Å²) in [5.74, 6) is 5.53. The molecule has 0 saturated carbocycles. The van der Waals surface area contributed by atoms with Gasteiger partial charge in [0.1, 0.15) is 0 Å². The largest absolute Gasteiger partial charge is 0.293 e. The molecule has 74 valence electrons. The van der Waals surface area contributed by atoms with Gasteiger partial charge in [-0.1, -0.05) is 46.0 Å². The summed E-state index contributed by atoms with van der Waals surface area (Å²) >= 11 is 3.19. The summed E-state index contributed by atoms with van der Waals surface area (Å²) in [6.07, 6.45) is -0.104. The normalized spacial score (nSPS) is 8.53. The molecule has 2 nitrogen and oxygen atoms in total. The van der Waals surface area contributed by atoms with Crippen molar-refractivity contribution in [1.82, 2.24) is 0 Å². The van der Waals surface area contributed by atoms with Crippen LogP contribution in [-0.4, -0.2) is 11.1 Å². The number of rotatable bonds is 2. The molecule has 0 bridgehead atoms. The minimum absolute atomic E-state index is 0.104. The van der Waals surface area contributed by atoms with Gasteiger partial charge in [-0.2, -0.15) is 5.26 Å². The van der Waals surface area contributed by atoms with Crippen LogP contribution >= 0.6 is 15.9 Å². The van der Waals surface area contributed by atoms with Crippen LogP contribution in [0.1, 0.15) is 22.3 Å². The van der Waals surface area contributed by atoms with Crippen molar-refractivity contribution in [2.45, 2.75) is 6.42 Å². The Labute approximate surface area is 97.0 Å². The van der Waals surface area contributed by atoms with Crippen molar-refractivity contribution in [3.05, 3.63) is 35.4 Å². The van der Waals surface area contributed by atoms with E-state index in [1.54, 1.807) is 18.2 Å². The van der Waals surface area contributed by atoms with Gasteiger partial charge < -0.3 is 0 Å². The molecule has 0 aromatic heterocycles. The fraction of sp³-hybridized carbons (Fsp3) is 0.167. The van der Waals surface area contributed by atoms with Crippen LogP contribution in [0.25, 0.3) is 0 Å². The van der Waals surface area contributed by atoms with Gasteiger partial charge in [-0.15, -0.1) is 0 Å². The number of Topliss-reactive ketones (excluding diaryl/α,β-unsaturated/α-hetero) is 1. The maximum Gasteiger partial charge on any atom is 0.178 e. The lowest BCUT2D eigenvalue weighted by atomic mass is 10.0. The van der Waals surface area contributed by atoms with E-state index in [1.807, 2.05) is 12.1 Å². The third kappa shape index (κ3) is 3.23. The van der Waals surface area contributed by atoms with E-state index in [0.717, 1.165) is 0 Å². The Hall–Kier alpha value is -1.58. The van der Waals surface area contributed by atoms with Crippen molar-refractivity contribution < 1.29 is 4.79 Å².